The lowest BCUT2D eigenvalue weighted by molar-refractivity contribution is -0.167. The molecule has 6 nitrogen and oxygen atoms in total. The number of unbranched alkanes of at least 4 members (excludes halogenated alkanes) is 40. The largest absolute Gasteiger partial charge is 0.462 e. The molecule has 6 heteroatoms. The lowest BCUT2D eigenvalue weighted by Gasteiger charge is -2.18. The summed E-state index contributed by atoms with van der Waals surface area (Å²) in [4.78, 5) is 38.4. The second-order valence-electron chi connectivity index (χ2n) is 23.7. The highest BCUT2D eigenvalue weighted by atomic mass is 16.6. The van der Waals surface area contributed by atoms with E-state index in [0.29, 0.717) is 19.3 Å². The van der Waals surface area contributed by atoms with Gasteiger partial charge in [-0.25, -0.2) is 0 Å². The van der Waals surface area contributed by atoms with Crippen LogP contribution in [0, 0.1) is 0 Å². The van der Waals surface area contributed by atoms with Gasteiger partial charge in [-0.05, 0) is 89.9 Å². The number of allylic oxidation sites excluding steroid dienone is 14. The molecule has 0 radical (unpaired) electrons. The summed E-state index contributed by atoms with van der Waals surface area (Å²) in [6, 6.07) is 0. The van der Waals surface area contributed by atoms with E-state index in [1.165, 1.54) is 212 Å². The van der Waals surface area contributed by atoms with Crippen molar-refractivity contribution in [2.24, 2.45) is 0 Å². The zero-order valence-corrected chi connectivity index (χ0v) is 54.5. The molecule has 0 heterocycles. The van der Waals surface area contributed by atoms with Crippen molar-refractivity contribution in [1.82, 2.24) is 0 Å². The van der Waals surface area contributed by atoms with Crippen molar-refractivity contribution < 1.29 is 28.6 Å². The quantitative estimate of drug-likeness (QED) is 0.0261. The molecule has 1 unspecified atom stereocenters. The minimum atomic E-state index is -0.779. The van der Waals surface area contributed by atoms with Crippen LogP contribution in [-0.4, -0.2) is 37.2 Å². The first-order valence-corrected chi connectivity index (χ1v) is 35.6. The third kappa shape index (κ3) is 67.4. The lowest BCUT2D eigenvalue weighted by atomic mass is 10.0. The molecule has 0 aliphatic rings. The number of carbonyl (C=O) groups is 3. The summed E-state index contributed by atoms with van der Waals surface area (Å²) in [5, 5.41) is 0. The van der Waals surface area contributed by atoms with E-state index in [0.717, 1.165) is 109 Å². The van der Waals surface area contributed by atoms with Gasteiger partial charge in [-0.2, -0.15) is 0 Å². The van der Waals surface area contributed by atoms with Crippen LogP contribution in [0.25, 0.3) is 0 Å². The van der Waals surface area contributed by atoms with Crippen LogP contribution in [0.2, 0.25) is 0 Å². The van der Waals surface area contributed by atoms with Crippen LogP contribution in [0.1, 0.15) is 361 Å². The maximum Gasteiger partial charge on any atom is 0.306 e. The molecular weight excluding hydrogens is 1010 g/mol. The van der Waals surface area contributed by atoms with Gasteiger partial charge in [0.25, 0.3) is 0 Å². The van der Waals surface area contributed by atoms with Gasteiger partial charge in [0, 0.05) is 19.3 Å². The van der Waals surface area contributed by atoms with Gasteiger partial charge in [0.1, 0.15) is 13.2 Å². The molecule has 0 fully saturated rings. The highest BCUT2D eigenvalue weighted by Crippen LogP contribution is 2.18. The summed E-state index contributed by atoms with van der Waals surface area (Å²) in [7, 11) is 0. The molecule has 0 aromatic heterocycles. The Morgan fingerprint density at radius 2 is 0.476 bits per heavy atom. The van der Waals surface area contributed by atoms with E-state index < -0.39 is 6.10 Å². The lowest BCUT2D eigenvalue weighted by Crippen LogP contribution is -2.30. The molecule has 0 amide bonds. The van der Waals surface area contributed by atoms with Crippen molar-refractivity contribution in [2.75, 3.05) is 13.2 Å². The highest BCUT2D eigenvalue weighted by molar-refractivity contribution is 5.71. The Labute approximate surface area is 509 Å². The Morgan fingerprint density at radius 3 is 0.744 bits per heavy atom. The molecular formula is C76H134O6. The second kappa shape index (κ2) is 70.1. The molecule has 0 bridgehead atoms. The topological polar surface area (TPSA) is 78.9 Å². The van der Waals surface area contributed by atoms with Crippen LogP contribution in [-0.2, 0) is 28.6 Å². The Kier molecular flexibility index (Phi) is 67.2. The molecule has 82 heavy (non-hydrogen) atoms. The van der Waals surface area contributed by atoms with Crippen LogP contribution >= 0.6 is 0 Å². The summed E-state index contributed by atoms with van der Waals surface area (Å²) in [5.41, 5.74) is 0. The van der Waals surface area contributed by atoms with Crippen molar-refractivity contribution in [2.45, 2.75) is 367 Å². The van der Waals surface area contributed by atoms with E-state index in [1.807, 2.05) is 0 Å². The van der Waals surface area contributed by atoms with Crippen molar-refractivity contribution in [3.63, 3.8) is 0 Å². The minimum absolute atomic E-state index is 0.0746. The maximum atomic E-state index is 12.9. The van der Waals surface area contributed by atoms with Gasteiger partial charge in [-0.3, -0.25) is 14.4 Å². The van der Waals surface area contributed by atoms with E-state index in [4.69, 9.17) is 14.2 Å². The van der Waals surface area contributed by atoms with E-state index >= 15 is 0 Å². The predicted molar refractivity (Wildman–Crippen MR) is 358 cm³/mol. The summed E-state index contributed by atoms with van der Waals surface area (Å²) in [6.07, 6.45) is 93.4. The summed E-state index contributed by atoms with van der Waals surface area (Å²) >= 11 is 0. The number of esters is 3. The predicted octanol–water partition coefficient (Wildman–Crippen LogP) is 24.6. The van der Waals surface area contributed by atoms with Crippen molar-refractivity contribution in [3.8, 4) is 0 Å². The molecule has 0 aromatic rings. The summed E-state index contributed by atoms with van der Waals surface area (Å²) in [6.45, 7) is 6.46. The van der Waals surface area contributed by atoms with E-state index in [1.54, 1.807) is 0 Å². The normalized spacial score (nSPS) is 12.6. The first-order valence-electron chi connectivity index (χ1n) is 35.6. The van der Waals surface area contributed by atoms with Crippen LogP contribution in [0.4, 0.5) is 0 Å². The van der Waals surface area contributed by atoms with Crippen LogP contribution in [0.3, 0.4) is 0 Å². The fraction of sp³-hybridized carbons (Fsp3) is 0.776. The number of hydrogen-bond acceptors (Lipinski definition) is 6. The maximum absolute atomic E-state index is 12.9. The number of hydrogen-bond donors (Lipinski definition) is 0. The molecule has 0 rings (SSSR count). The first-order chi connectivity index (χ1) is 40.5. The number of rotatable bonds is 65. The molecule has 0 saturated heterocycles. The smallest absolute Gasteiger partial charge is 0.306 e. The van der Waals surface area contributed by atoms with Gasteiger partial charge in [0.2, 0.25) is 0 Å². The SMILES string of the molecule is CC/C=C\C/C=C\C/C=C\C/C=C\CCCCCCCCCCCCCCCCCCCCCCC(=O)OCC(COC(=O)CCCCCCCCCCCCCCCC)OC(=O)CCCCCCCCC/C=C\C/C=C\C/C=C\CC. The molecule has 0 aliphatic carbocycles. The average Bonchev–Trinajstić information content (AvgIpc) is 3.47. The summed E-state index contributed by atoms with van der Waals surface area (Å²) in [5.74, 6) is -0.862. The van der Waals surface area contributed by atoms with Gasteiger partial charge in [0.05, 0.1) is 0 Å². The molecule has 0 N–H and O–H groups in total. The zero-order valence-electron chi connectivity index (χ0n) is 54.5. The van der Waals surface area contributed by atoms with Crippen molar-refractivity contribution >= 4 is 17.9 Å². The highest BCUT2D eigenvalue weighted by Gasteiger charge is 2.19. The summed E-state index contributed by atoms with van der Waals surface area (Å²) < 4.78 is 17.0. The van der Waals surface area contributed by atoms with Gasteiger partial charge >= 0.3 is 17.9 Å². The van der Waals surface area contributed by atoms with E-state index in [2.05, 4.69) is 106 Å². The second-order valence-corrected chi connectivity index (χ2v) is 23.7. The third-order valence-corrected chi connectivity index (χ3v) is 15.6. The zero-order chi connectivity index (χ0) is 59.2. The standard InChI is InChI=1S/C76H134O6/c1-4-7-10-13-16-19-22-25-28-30-31-32-33-34-35-36-37-38-39-40-41-42-43-44-45-47-48-51-54-57-60-63-66-69-75(78)81-72-73(71-80-74(77)68-65-62-59-56-53-50-27-24-21-18-15-12-9-6-3)82-76(79)70-67-64-61-58-55-52-49-46-29-26-23-20-17-14-11-8-5-2/h7-8,10-11,16-17,19-20,25-26,28-29,31-32,73H,4-6,9,12-15,18,21-24,27,30,33-72H2,1-3H3/b10-7-,11-8-,19-16-,20-17-,28-25-,29-26-,32-31-. The van der Waals surface area contributed by atoms with Crippen molar-refractivity contribution in [1.29, 1.82) is 0 Å². The third-order valence-electron chi connectivity index (χ3n) is 15.6. The van der Waals surface area contributed by atoms with Gasteiger partial charge in [0.15, 0.2) is 6.10 Å². The molecule has 1 atom stereocenters. The van der Waals surface area contributed by atoms with Gasteiger partial charge < -0.3 is 14.2 Å². The molecule has 474 valence electrons. The Bertz CT molecular complexity index is 1550. The van der Waals surface area contributed by atoms with Crippen LogP contribution < -0.4 is 0 Å². The molecule has 0 aromatic carbocycles. The van der Waals surface area contributed by atoms with Gasteiger partial charge in [-0.15, -0.1) is 0 Å². The molecule has 0 spiro atoms. The minimum Gasteiger partial charge on any atom is -0.462 e. The van der Waals surface area contributed by atoms with E-state index in [9.17, 15) is 14.4 Å². The Morgan fingerprint density at radius 1 is 0.256 bits per heavy atom. The van der Waals surface area contributed by atoms with Crippen LogP contribution in [0.15, 0.2) is 85.1 Å². The Balaban J connectivity index is 4.16. The number of ether oxygens (including phenoxy) is 3. The monoisotopic (exact) mass is 1140 g/mol. The van der Waals surface area contributed by atoms with Gasteiger partial charge in [-0.1, -0.05) is 337 Å². The van der Waals surface area contributed by atoms with E-state index in [-0.39, 0.29) is 31.1 Å². The fourth-order valence-electron chi connectivity index (χ4n) is 10.4. The molecule has 0 saturated carbocycles. The first kappa shape index (κ1) is 78.6. The molecule has 0 aliphatic heterocycles. The average molecular weight is 1140 g/mol. The van der Waals surface area contributed by atoms with Crippen molar-refractivity contribution in [3.05, 3.63) is 85.1 Å². The van der Waals surface area contributed by atoms with Crippen LogP contribution in [0.5, 0.6) is 0 Å². The Hall–Kier alpha value is -3.41. The number of carbonyl (C=O) groups excluding carboxylic acids is 3. The fourth-order valence-corrected chi connectivity index (χ4v) is 10.4.